The summed E-state index contributed by atoms with van der Waals surface area (Å²) >= 11 is 1.88. The molecule has 0 N–H and O–H groups in total. The van der Waals surface area contributed by atoms with Gasteiger partial charge in [-0.1, -0.05) is 42.5 Å². The van der Waals surface area contributed by atoms with Crippen LogP contribution in [-0.4, -0.2) is 16.8 Å². The summed E-state index contributed by atoms with van der Waals surface area (Å²) in [4.78, 5) is 12.0. The Morgan fingerprint density at radius 3 is 3.12 bits per heavy atom. The van der Waals surface area contributed by atoms with Gasteiger partial charge in [-0.2, -0.15) is 0 Å². The van der Waals surface area contributed by atoms with Gasteiger partial charge in [-0.3, -0.25) is 4.79 Å². The molecule has 1 atom stereocenters. The predicted octanol–water partition coefficient (Wildman–Crippen LogP) is 2.98. The molecule has 1 heterocycles. The lowest BCUT2D eigenvalue weighted by Gasteiger charge is -2.19. The van der Waals surface area contributed by atoms with Gasteiger partial charge in [0.15, 0.2) is 5.78 Å². The van der Waals surface area contributed by atoms with Gasteiger partial charge in [0.05, 0.1) is 0 Å². The topological polar surface area (TPSA) is 17.1 Å². The molecular formula is C14H12OS. The van der Waals surface area contributed by atoms with Crippen LogP contribution in [0.3, 0.4) is 0 Å². The lowest BCUT2D eigenvalue weighted by molar-refractivity contribution is -0.114. The van der Waals surface area contributed by atoms with Crippen LogP contribution in [0.1, 0.15) is 6.42 Å². The van der Waals surface area contributed by atoms with Crippen LogP contribution >= 0.6 is 11.8 Å². The molecule has 1 aliphatic heterocycles. The van der Waals surface area contributed by atoms with E-state index in [0.717, 1.165) is 16.9 Å². The van der Waals surface area contributed by atoms with Crippen molar-refractivity contribution in [2.24, 2.45) is 0 Å². The van der Waals surface area contributed by atoms with Crippen LogP contribution in [0.15, 0.2) is 59.3 Å². The molecule has 2 aliphatic carbocycles. The van der Waals surface area contributed by atoms with Gasteiger partial charge in [-0.15, -0.1) is 11.8 Å². The summed E-state index contributed by atoms with van der Waals surface area (Å²) in [5.74, 6) is 1.24. The number of hydrogen-bond donors (Lipinski definition) is 0. The number of carbonyl (C=O) groups is 1. The molecule has 3 rings (SSSR count). The van der Waals surface area contributed by atoms with Crippen LogP contribution in [0, 0.1) is 0 Å². The van der Waals surface area contributed by atoms with E-state index in [9.17, 15) is 4.79 Å². The minimum atomic E-state index is 0.260. The van der Waals surface area contributed by atoms with Crippen LogP contribution in [0.5, 0.6) is 0 Å². The molecule has 0 spiro atoms. The Morgan fingerprint density at radius 1 is 1.25 bits per heavy atom. The molecule has 1 unspecified atom stereocenters. The van der Waals surface area contributed by atoms with Gasteiger partial charge in [0.1, 0.15) is 0 Å². The minimum Gasteiger partial charge on any atom is -0.294 e. The third-order valence-electron chi connectivity index (χ3n) is 3.02. The third-order valence-corrected chi connectivity index (χ3v) is 4.14. The second kappa shape index (κ2) is 3.95. The summed E-state index contributed by atoms with van der Waals surface area (Å²) in [6.45, 7) is 0. The number of rotatable bonds is 0. The van der Waals surface area contributed by atoms with Gasteiger partial charge in [0.2, 0.25) is 0 Å². The molecule has 80 valence electrons. The van der Waals surface area contributed by atoms with E-state index in [4.69, 9.17) is 0 Å². The lowest BCUT2D eigenvalue weighted by Crippen LogP contribution is -2.14. The fourth-order valence-corrected chi connectivity index (χ4v) is 3.33. The fourth-order valence-electron chi connectivity index (χ4n) is 2.27. The Balaban J connectivity index is 2.19. The zero-order valence-corrected chi connectivity index (χ0v) is 9.67. The summed E-state index contributed by atoms with van der Waals surface area (Å²) in [6, 6.07) is 0. The van der Waals surface area contributed by atoms with Gasteiger partial charge < -0.3 is 0 Å². The van der Waals surface area contributed by atoms with Crippen molar-refractivity contribution in [3.8, 4) is 0 Å². The Hall–Kier alpha value is -1.28. The standard InChI is InChI=1S/C14H12OS/c15-12-6-3-4-10-8-9-16-13-7-2-1-5-11(13)14(10)12/h1-5,7-8,13H,6,9H2. The second-order valence-electron chi connectivity index (χ2n) is 4.02. The van der Waals surface area contributed by atoms with E-state index in [1.54, 1.807) is 0 Å². The van der Waals surface area contributed by atoms with Crippen molar-refractivity contribution < 1.29 is 4.79 Å². The minimum absolute atomic E-state index is 0.260. The summed E-state index contributed by atoms with van der Waals surface area (Å²) in [5, 5.41) is 0.351. The van der Waals surface area contributed by atoms with Crippen molar-refractivity contribution in [2.75, 3.05) is 5.75 Å². The maximum Gasteiger partial charge on any atom is 0.167 e. The van der Waals surface area contributed by atoms with Crippen LogP contribution in [0.4, 0.5) is 0 Å². The molecule has 0 radical (unpaired) electrons. The Labute approximate surface area is 99.3 Å². The van der Waals surface area contributed by atoms with Crippen LogP contribution in [0.2, 0.25) is 0 Å². The molecule has 0 fully saturated rings. The number of hydrogen-bond acceptors (Lipinski definition) is 2. The molecule has 3 aliphatic rings. The van der Waals surface area contributed by atoms with Gasteiger partial charge in [0, 0.05) is 23.0 Å². The first-order valence-corrected chi connectivity index (χ1v) is 6.52. The van der Waals surface area contributed by atoms with Crippen molar-refractivity contribution in [1.29, 1.82) is 0 Å². The van der Waals surface area contributed by atoms with Crippen LogP contribution in [-0.2, 0) is 4.79 Å². The normalized spacial score (nSPS) is 27.4. The maximum absolute atomic E-state index is 12.0. The SMILES string of the molecule is O=C1CC=CC2=CCSC3C=CC=CC3=C12. The number of Topliss-reactive ketones (excluding diaryl/α,β-unsaturated/α-hetero) is 1. The molecule has 2 heteroatoms. The Bertz CT molecular complexity index is 489. The van der Waals surface area contributed by atoms with Gasteiger partial charge in [0.25, 0.3) is 0 Å². The van der Waals surface area contributed by atoms with Crippen LogP contribution < -0.4 is 0 Å². The zero-order chi connectivity index (χ0) is 11.0. The molecule has 0 bridgehead atoms. The monoisotopic (exact) mass is 228 g/mol. The highest BCUT2D eigenvalue weighted by Crippen LogP contribution is 2.36. The highest BCUT2D eigenvalue weighted by atomic mass is 32.2. The van der Waals surface area contributed by atoms with Crippen molar-refractivity contribution in [1.82, 2.24) is 0 Å². The van der Waals surface area contributed by atoms with E-state index in [2.05, 4.69) is 30.4 Å². The smallest absolute Gasteiger partial charge is 0.167 e. The second-order valence-corrected chi connectivity index (χ2v) is 5.19. The third kappa shape index (κ3) is 1.54. The highest BCUT2D eigenvalue weighted by molar-refractivity contribution is 8.00. The molecule has 0 aromatic carbocycles. The number of allylic oxidation sites excluding steroid dienone is 7. The van der Waals surface area contributed by atoms with Crippen LogP contribution in [0.25, 0.3) is 0 Å². The summed E-state index contributed by atoms with van der Waals surface area (Å²) < 4.78 is 0. The molecule has 16 heavy (non-hydrogen) atoms. The van der Waals surface area contributed by atoms with E-state index < -0.39 is 0 Å². The quantitative estimate of drug-likeness (QED) is 0.634. The fraction of sp³-hybridized carbons (Fsp3) is 0.214. The number of fused-ring (bicyclic) bond motifs is 2. The number of ketones is 1. The highest BCUT2D eigenvalue weighted by Gasteiger charge is 2.26. The maximum atomic E-state index is 12.0. The molecule has 0 amide bonds. The van der Waals surface area contributed by atoms with E-state index in [1.165, 1.54) is 5.57 Å². The Kier molecular flexibility index (Phi) is 2.44. The molecule has 0 saturated heterocycles. The summed E-state index contributed by atoms with van der Waals surface area (Å²) in [6.07, 6.45) is 15.1. The van der Waals surface area contributed by atoms with E-state index in [-0.39, 0.29) is 5.78 Å². The molecule has 1 nitrogen and oxygen atoms in total. The summed E-state index contributed by atoms with van der Waals surface area (Å²) in [5.41, 5.74) is 3.24. The van der Waals surface area contributed by atoms with Crippen molar-refractivity contribution in [3.05, 3.63) is 59.3 Å². The number of carbonyl (C=O) groups excluding carboxylic acids is 1. The van der Waals surface area contributed by atoms with E-state index >= 15 is 0 Å². The van der Waals surface area contributed by atoms with Crippen molar-refractivity contribution in [2.45, 2.75) is 11.7 Å². The molecule has 0 aromatic heterocycles. The van der Waals surface area contributed by atoms with Crippen molar-refractivity contribution >= 4 is 17.5 Å². The predicted molar refractivity (Wildman–Crippen MR) is 68.4 cm³/mol. The number of thioether (sulfide) groups is 1. The van der Waals surface area contributed by atoms with Crippen molar-refractivity contribution in [3.63, 3.8) is 0 Å². The average Bonchev–Trinajstić information content (AvgIpc) is 2.49. The first-order valence-electron chi connectivity index (χ1n) is 5.47. The average molecular weight is 228 g/mol. The first-order chi connectivity index (χ1) is 7.86. The molecule has 0 aromatic rings. The largest absolute Gasteiger partial charge is 0.294 e. The van der Waals surface area contributed by atoms with Gasteiger partial charge >= 0.3 is 0 Å². The Morgan fingerprint density at radius 2 is 2.19 bits per heavy atom. The first kappa shape index (κ1) is 9.91. The van der Waals surface area contributed by atoms with Gasteiger partial charge in [-0.25, -0.2) is 0 Å². The van der Waals surface area contributed by atoms with E-state index in [1.807, 2.05) is 23.9 Å². The lowest BCUT2D eigenvalue weighted by atomic mass is 9.87. The summed E-state index contributed by atoms with van der Waals surface area (Å²) in [7, 11) is 0. The van der Waals surface area contributed by atoms with Gasteiger partial charge in [-0.05, 0) is 11.1 Å². The zero-order valence-electron chi connectivity index (χ0n) is 8.85. The molecule has 0 saturated carbocycles. The van der Waals surface area contributed by atoms with E-state index in [0.29, 0.717) is 11.7 Å². The molecular weight excluding hydrogens is 216 g/mol.